The van der Waals surface area contributed by atoms with E-state index < -0.39 is 0 Å². The van der Waals surface area contributed by atoms with Crippen molar-refractivity contribution in [3.63, 3.8) is 0 Å². The molecule has 0 aliphatic rings. The molecule has 0 aliphatic heterocycles. The van der Waals surface area contributed by atoms with E-state index in [1.807, 2.05) is 37.3 Å². The Bertz CT molecular complexity index is 590. The summed E-state index contributed by atoms with van der Waals surface area (Å²) >= 11 is 0. The van der Waals surface area contributed by atoms with Crippen LogP contribution in [0.2, 0.25) is 0 Å². The summed E-state index contributed by atoms with van der Waals surface area (Å²) in [5, 5.41) is 6.31. The lowest BCUT2D eigenvalue weighted by molar-refractivity contribution is -0.116. The van der Waals surface area contributed by atoms with Gasteiger partial charge in [0.05, 0.1) is 0 Å². The quantitative estimate of drug-likeness (QED) is 0.804. The number of carbonyl (C=O) groups is 1. The molecule has 1 amide bonds. The van der Waals surface area contributed by atoms with E-state index in [0.29, 0.717) is 6.42 Å². The molecule has 3 heteroatoms. The lowest BCUT2D eigenvalue weighted by atomic mass is 10.1. The van der Waals surface area contributed by atoms with E-state index in [-0.39, 0.29) is 5.91 Å². The highest BCUT2D eigenvalue weighted by molar-refractivity contribution is 5.90. The lowest BCUT2D eigenvalue weighted by Crippen LogP contribution is -2.10. The van der Waals surface area contributed by atoms with Crippen LogP contribution in [0.5, 0.6) is 0 Å². The molecule has 0 unspecified atom stereocenters. The summed E-state index contributed by atoms with van der Waals surface area (Å²) in [6, 6.07) is 16.1. The van der Waals surface area contributed by atoms with Gasteiger partial charge in [-0.25, -0.2) is 0 Å². The first-order chi connectivity index (χ1) is 10.2. The fourth-order valence-electron chi connectivity index (χ4n) is 2.19. The third-order valence-electron chi connectivity index (χ3n) is 3.32. The maximum absolute atomic E-state index is 11.5. The second-order valence-electron chi connectivity index (χ2n) is 5.01. The Balaban J connectivity index is 2.04. The van der Waals surface area contributed by atoms with Crippen LogP contribution in [0.3, 0.4) is 0 Å². The Kier molecular flexibility index (Phi) is 5.38. The molecule has 2 N–H and O–H groups in total. The zero-order chi connectivity index (χ0) is 15.1. The van der Waals surface area contributed by atoms with Crippen LogP contribution in [-0.4, -0.2) is 5.91 Å². The largest absolute Gasteiger partial charge is 0.355 e. The van der Waals surface area contributed by atoms with Gasteiger partial charge in [-0.15, -0.1) is 0 Å². The van der Waals surface area contributed by atoms with E-state index >= 15 is 0 Å². The second-order valence-corrected chi connectivity index (χ2v) is 5.01. The molecule has 2 aromatic carbocycles. The fourth-order valence-corrected chi connectivity index (χ4v) is 2.19. The lowest BCUT2D eigenvalue weighted by Gasteiger charge is -2.11. The number of rotatable bonds is 6. The van der Waals surface area contributed by atoms with Crippen LogP contribution < -0.4 is 10.6 Å². The summed E-state index contributed by atoms with van der Waals surface area (Å²) in [6.07, 6.45) is 2.41. The Morgan fingerprint density at radius 1 is 0.952 bits per heavy atom. The number of aryl methyl sites for hydroxylation is 1. The van der Waals surface area contributed by atoms with E-state index in [1.165, 1.54) is 5.56 Å². The molecule has 2 rings (SSSR count). The number of hydrogen-bond acceptors (Lipinski definition) is 2. The predicted octanol–water partition coefficient (Wildman–Crippen LogP) is 4.73. The number of para-hydroxylation sites is 1. The smallest absolute Gasteiger partial charge is 0.224 e. The summed E-state index contributed by atoms with van der Waals surface area (Å²) in [7, 11) is 0. The molecule has 0 heterocycles. The standard InChI is InChI=1S/C18H22N2O/c1-3-7-18(21)20-16-12-10-15(11-13-16)19-17-9-6-5-8-14(17)4-2/h5-6,8-13,19H,3-4,7H2,1-2H3,(H,20,21). The number of benzene rings is 2. The summed E-state index contributed by atoms with van der Waals surface area (Å²) < 4.78 is 0. The van der Waals surface area contributed by atoms with Gasteiger partial charge in [0.1, 0.15) is 0 Å². The van der Waals surface area contributed by atoms with E-state index in [1.54, 1.807) is 0 Å². The molecule has 0 bridgehead atoms. The van der Waals surface area contributed by atoms with Crippen molar-refractivity contribution >= 4 is 23.0 Å². The van der Waals surface area contributed by atoms with Crippen LogP contribution in [0.15, 0.2) is 48.5 Å². The summed E-state index contributed by atoms with van der Waals surface area (Å²) in [6.45, 7) is 4.14. The van der Waals surface area contributed by atoms with Gasteiger partial charge in [0.15, 0.2) is 0 Å². The molecule has 0 spiro atoms. The molecule has 0 fully saturated rings. The fraction of sp³-hybridized carbons (Fsp3) is 0.278. The normalized spacial score (nSPS) is 10.2. The predicted molar refractivity (Wildman–Crippen MR) is 89.1 cm³/mol. The Labute approximate surface area is 126 Å². The number of amides is 1. The maximum Gasteiger partial charge on any atom is 0.224 e. The molecule has 21 heavy (non-hydrogen) atoms. The number of nitrogens with one attached hydrogen (secondary N) is 2. The van der Waals surface area contributed by atoms with Gasteiger partial charge in [0.2, 0.25) is 5.91 Å². The second kappa shape index (κ2) is 7.48. The molecule has 0 saturated carbocycles. The monoisotopic (exact) mass is 282 g/mol. The molecule has 0 atom stereocenters. The highest BCUT2D eigenvalue weighted by atomic mass is 16.1. The maximum atomic E-state index is 11.5. The average molecular weight is 282 g/mol. The minimum atomic E-state index is 0.0644. The van der Waals surface area contributed by atoms with Crippen LogP contribution in [0, 0.1) is 0 Å². The summed E-state index contributed by atoms with van der Waals surface area (Å²) in [5.41, 5.74) is 4.27. The van der Waals surface area contributed by atoms with Crippen molar-refractivity contribution in [1.29, 1.82) is 0 Å². The average Bonchev–Trinajstić information content (AvgIpc) is 2.50. The van der Waals surface area contributed by atoms with Crippen molar-refractivity contribution in [3.8, 4) is 0 Å². The Hall–Kier alpha value is -2.29. The number of carbonyl (C=O) groups excluding carboxylic acids is 1. The Morgan fingerprint density at radius 3 is 2.29 bits per heavy atom. The molecule has 0 aromatic heterocycles. The van der Waals surface area contributed by atoms with E-state index in [2.05, 4.69) is 35.8 Å². The van der Waals surface area contributed by atoms with Gasteiger partial charge in [0.25, 0.3) is 0 Å². The highest BCUT2D eigenvalue weighted by Gasteiger charge is 2.02. The van der Waals surface area contributed by atoms with E-state index in [0.717, 1.165) is 29.9 Å². The molecular formula is C18H22N2O. The zero-order valence-corrected chi connectivity index (χ0v) is 12.6. The van der Waals surface area contributed by atoms with Gasteiger partial charge in [-0.3, -0.25) is 4.79 Å². The zero-order valence-electron chi connectivity index (χ0n) is 12.6. The third-order valence-corrected chi connectivity index (χ3v) is 3.32. The van der Waals surface area contributed by atoms with Crippen LogP contribution in [-0.2, 0) is 11.2 Å². The summed E-state index contributed by atoms with van der Waals surface area (Å²) in [5.74, 6) is 0.0644. The van der Waals surface area contributed by atoms with Crippen LogP contribution in [0.1, 0.15) is 32.3 Å². The van der Waals surface area contributed by atoms with Crippen molar-refractivity contribution in [3.05, 3.63) is 54.1 Å². The molecule has 3 nitrogen and oxygen atoms in total. The molecule has 0 saturated heterocycles. The van der Waals surface area contributed by atoms with E-state index in [9.17, 15) is 4.79 Å². The molecule has 0 radical (unpaired) electrons. The highest BCUT2D eigenvalue weighted by Crippen LogP contribution is 2.22. The van der Waals surface area contributed by atoms with Crippen LogP contribution in [0.25, 0.3) is 0 Å². The van der Waals surface area contributed by atoms with Crippen LogP contribution >= 0.6 is 0 Å². The first-order valence-electron chi connectivity index (χ1n) is 7.47. The minimum absolute atomic E-state index is 0.0644. The number of anilines is 3. The third kappa shape index (κ3) is 4.35. The van der Waals surface area contributed by atoms with Crippen molar-refractivity contribution in [2.24, 2.45) is 0 Å². The molecule has 2 aromatic rings. The van der Waals surface area contributed by atoms with E-state index in [4.69, 9.17) is 0 Å². The minimum Gasteiger partial charge on any atom is -0.355 e. The van der Waals surface area contributed by atoms with Crippen molar-refractivity contribution in [1.82, 2.24) is 0 Å². The van der Waals surface area contributed by atoms with Gasteiger partial charge < -0.3 is 10.6 Å². The molecular weight excluding hydrogens is 260 g/mol. The van der Waals surface area contributed by atoms with Gasteiger partial charge >= 0.3 is 0 Å². The first kappa shape index (κ1) is 15.1. The Morgan fingerprint density at radius 2 is 1.62 bits per heavy atom. The topological polar surface area (TPSA) is 41.1 Å². The van der Waals surface area contributed by atoms with Crippen molar-refractivity contribution < 1.29 is 4.79 Å². The first-order valence-corrected chi connectivity index (χ1v) is 7.47. The van der Waals surface area contributed by atoms with Crippen molar-refractivity contribution in [2.45, 2.75) is 33.1 Å². The van der Waals surface area contributed by atoms with Gasteiger partial charge in [-0.2, -0.15) is 0 Å². The van der Waals surface area contributed by atoms with Crippen LogP contribution in [0.4, 0.5) is 17.1 Å². The SMILES string of the molecule is CCCC(=O)Nc1ccc(Nc2ccccc2CC)cc1. The number of hydrogen-bond donors (Lipinski definition) is 2. The van der Waals surface area contributed by atoms with Gasteiger partial charge in [0, 0.05) is 23.5 Å². The molecule has 0 aliphatic carbocycles. The van der Waals surface area contributed by atoms with Gasteiger partial charge in [-0.05, 0) is 48.7 Å². The van der Waals surface area contributed by atoms with Gasteiger partial charge in [-0.1, -0.05) is 32.0 Å². The molecule has 110 valence electrons. The van der Waals surface area contributed by atoms with Crippen molar-refractivity contribution in [2.75, 3.05) is 10.6 Å². The summed E-state index contributed by atoms with van der Waals surface area (Å²) in [4.78, 5) is 11.5.